The van der Waals surface area contributed by atoms with E-state index in [1.807, 2.05) is 36.4 Å². The van der Waals surface area contributed by atoms with Crippen LogP contribution in [-0.4, -0.2) is 15.0 Å². The Morgan fingerprint density at radius 2 is 1.77 bits per heavy atom. The topological polar surface area (TPSA) is 91.4 Å². The number of pyridine rings is 1. The van der Waals surface area contributed by atoms with Crippen molar-refractivity contribution in [2.75, 3.05) is 5.73 Å². The van der Waals surface area contributed by atoms with Crippen LogP contribution in [0, 0.1) is 25.2 Å². The maximum Gasteiger partial charge on any atom is 0.142 e. The average molecular weight is 339 g/mol. The highest BCUT2D eigenvalue weighted by molar-refractivity contribution is 5.93. The van der Waals surface area contributed by atoms with Crippen molar-refractivity contribution in [1.29, 1.82) is 5.26 Å². The Morgan fingerprint density at radius 3 is 2.50 bits per heavy atom. The number of aryl methyl sites for hydroxylation is 2. The van der Waals surface area contributed by atoms with Crippen LogP contribution >= 0.6 is 0 Å². The highest BCUT2D eigenvalue weighted by Crippen LogP contribution is 2.37. The number of anilines is 1. The first-order valence-corrected chi connectivity index (χ1v) is 8.30. The predicted molar refractivity (Wildman–Crippen MR) is 103 cm³/mol. The van der Waals surface area contributed by atoms with E-state index >= 15 is 0 Å². The van der Waals surface area contributed by atoms with E-state index in [0.717, 1.165) is 22.2 Å². The molecular formula is C21H17N5. The van der Waals surface area contributed by atoms with Crippen molar-refractivity contribution in [3.05, 3.63) is 65.4 Å². The maximum atomic E-state index is 9.59. The summed E-state index contributed by atoms with van der Waals surface area (Å²) in [6.45, 7) is 4.13. The van der Waals surface area contributed by atoms with E-state index in [4.69, 9.17) is 10.7 Å². The number of aromatic nitrogens is 3. The number of nitrogens with two attached hydrogens (primary N) is 1. The quantitative estimate of drug-likeness (QED) is 0.567. The second-order valence-electron chi connectivity index (χ2n) is 6.32. The fraction of sp³-hybridized carbons (Fsp3) is 0.0952. The van der Waals surface area contributed by atoms with Crippen molar-refractivity contribution >= 4 is 16.9 Å². The van der Waals surface area contributed by atoms with E-state index in [-0.39, 0.29) is 0 Å². The molecule has 0 bridgehead atoms. The fourth-order valence-electron chi connectivity index (χ4n) is 3.14. The van der Waals surface area contributed by atoms with Gasteiger partial charge in [-0.3, -0.25) is 0 Å². The van der Waals surface area contributed by atoms with Crippen LogP contribution in [0.5, 0.6) is 0 Å². The molecule has 0 unspecified atom stereocenters. The lowest BCUT2D eigenvalue weighted by Crippen LogP contribution is -2.00. The third-order valence-corrected chi connectivity index (χ3v) is 4.63. The van der Waals surface area contributed by atoms with Crippen LogP contribution in [0.3, 0.4) is 0 Å². The van der Waals surface area contributed by atoms with Gasteiger partial charge >= 0.3 is 0 Å². The van der Waals surface area contributed by atoms with Gasteiger partial charge in [0.1, 0.15) is 17.7 Å². The lowest BCUT2D eigenvalue weighted by atomic mass is 9.96. The number of nitrogens with one attached hydrogen (secondary N) is 1. The Balaban J connectivity index is 2.04. The minimum Gasteiger partial charge on any atom is -0.383 e. The zero-order chi connectivity index (χ0) is 18.3. The summed E-state index contributed by atoms with van der Waals surface area (Å²) in [6.07, 6.45) is 1.51. The first-order valence-electron chi connectivity index (χ1n) is 8.30. The summed E-state index contributed by atoms with van der Waals surface area (Å²) in [5.74, 6) is 0.960. The van der Waals surface area contributed by atoms with Crippen LogP contribution in [0.25, 0.3) is 33.5 Å². The maximum absolute atomic E-state index is 9.59. The standard InChI is InChI=1S/C21H17N5/c1-12-8-16-17(9-13(12)2)26-21(25-16)19-18(14-6-4-3-5-7-14)15(10-22)11-24-20(19)23/h3-9,11H,1-2H3,(H2,23,24)(H,25,26). The molecule has 4 aromatic rings. The number of nitrogens with zero attached hydrogens (tertiary/aromatic N) is 3. The zero-order valence-electron chi connectivity index (χ0n) is 14.5. The van der Waals surface area contributed by atoms with Crippen LogP contribution < -0.4 is 5.73 Å². The predicted octanol–water partition coefficient (Wildman–Crippen LogP) is 4.36. The van der Waals surface area contributed by atoms with Crippen LogP contribution in [-0.2, 0) is 0 Å². The summed E-state index contributed by atoms with van der Waals surface area (Å²) >= 11 is 0. The van der Waals surface area contributed by atoms with E-state index in [0.29, 0.717) is 22.8 Å². The number of fused-ring (bicyclic) bond motifs is 1. The van der Waals surface area contributed by atoms with Gasteiger partial charge in [-0.2, -0.15) is 5.26 Å². The zero-order valence-corrected chi connectivity index (χ0v) is 14.5. The van der Waals surface area contributed by atoms with E-state index in [1.54, 1.807) is 0 Å². The molecule has 2 aromatic carbocycles. The molecule has 2 heterocycles. The van der Waals surface area contributed by atoms with Crippen LogP contribution in [0.15, 0.2) is 48.7 Å². The molecular weight excluding hydrogens is 322 g/mol. The van der Waals surface area contributed by atoms with Crippen LogP contribution in [0.1, 0.15) is 16.7 Å². The normalized spacial score (nSPS) is 10.8. The molecule has 4 rings (SSSR count). The molecule has 126 valence electrons. The van der Waals surface area contributed by atoms with Crippen molar-refractivity contribution in [3.8, 4) is 28.6 Å². The molecule has 0 atom stereocenters. The molecule has 0 saturated carbocycles. The molecule has 0 spiro atoms. The highest BCUT2D eigenvalue weighted by Gasteiger charge is 2.19. The number of rotatable bonds is 2. The van der Waals surface area contributed by atoms with E-state index in [2.05, 4.69) is 36.0 Å². The molecule has 0 aliphatic carbocycles. The number of nitriles is 1. The van der Waals surface area contributed by atoms with Crippen LogP contribution in [0.4, 0.5) is 5.82 Å². The third-order valence-electron chi connectivity index (χ3n) is 4.63. The van der Waals surface area contributed by atoms with Gasteiger partial charge in [0.2, 0.25) is 0 Å². The third kappa shape index (κ3) is 2.49. The van der Waals surface area contributed by atoms with Gasteiger partial charge in [0, 0.05) is 11.8 Å². The fourth-order valence-corrected chi connectivity index (χ4v) is 3.14. The SMILES string of the molecule is Cc1cc2nc(-c3c(N)ncc(C#N)c3-c3ccccc3)[nH]c2cc1C. The summed E-state index contributed by atoms with van der Waals surface area (Å²) in [5, 5.41) is 9.59. The summed E-state index contributed by atoms with van der Waals surface area (Å²) in [4.78, 5) is 12.3. The molecule has 26 heavy (non-hydrogen) atoms. The molecule has 5 nitrogen and oxygen atoms in total. The molecule has 0 saturated heterocycles. The number of H-pyrrole nitrogens is 1. The molecule has 3 N–H and O–H groups in total. The Bertz CT molecular complexity index is 1130. The summed E-state index contributed by atoms with van der Waals surface area (Å²) in [6, 6.07) is 16.1. The van der Waals surface area contributed by atoms with Gasteiger partial charge in [-0.1, -0.05) is 30.3 Å². The Morgan fingerprint density at radius 1 is 1.04 bits per heavy atom. The Labute approximate surface area is 151 Å². The highest BCUT2D eigenvalue weighted by atomic mass is 14.9. The average Bonchev–Trinajstić information content (AvgIpc) is 3.04. The molecule has 0 aliphatic heterocycles. The molecule has 0 amide bonds. The van der Waals surface area contributed by atoms with Gasteiger partial charge in [-0.15, -0.1) is 0 Å². The number of hydrogen-bond donors (Lipinski definition) is 2. The number of aromatic amines is 1. The van der Waals surface area contributed by atoms with E-state index < -0.39 is 0 Å². The number of imidazole rings is 1. The van der Waals surface area contributed by atoms with Gasteiger partial charge in [-0.05, 0) is 42.7 Å². The van der Waals surface area contributed by atoms with Crippen molar-refractivity contribution < 1.29 is 0 Å². The first-order chi connectivity index (χ1) is 12.6. The molecule has 2 aromatic heterocycles. The summed E-state index contributed by atoms with van der Waals surface area (Å²) < 4.78 is 0. The largest absolute Gasteiger partial charge is 0.383 e. The van der Waals surface area contributed by atoms with Crippen molar-refractivity contribution in [2.45, 2.75) is 13.8 Å². The smallest absolute Gasteiger partial charge is 0.142 e. The number of hydrogen-bond acceptors (Lipinski definition) is 4. The monoisotopic (exact) mass is 339 g/mol. The van der Waals surface area contributed by atoms with Gasteiger partial charge in [0.05, 0.1) is 22.2 Å². The molecule has 0 radical (unpaired) electrons. The van der Waals surface area contributed by atoms with Crippen molar-refractivity contribution in [2.24, 2.45) is 0 Å². The van der Waals surface area contributed by atoms with Gasteiger partial charge in [-0.25, -0.2) is 9.97 Å². The van der Waals surface area contributed by atoms with E-state index in [9.17, 15) is 5.26 Å². The van der Waals surface area contributed by atoms with E-state index in [1.165, 1.54) is 17.3 Å². The minimum absolute atomic E-state index is 0.343. The van der Waals surface area contributed by atoms with Crippen molar-refractivity contribution in [3.63, 3.8) is 0 Å². The lowest BCUT2D eigenvalue weighted by Gasteiger charge is -2.11. The van der Waals surface area contributed by atoms with Crippen molar-refractivity contribution in [1.82, 2.24) is 15.0 Å². The second-order valence-corrected chi connectivity index (χ2v) is 6.32. The minimum atomic E-state index is 0.343. The first kappa shape index (κ1) is 15.9. The molecule has 0 fully saturated rings. The summed E-state index contributed by atoms with van der Waals surface area (Å²) in [7, 11) is 0. The Kier molecular flexibility index (Phi) is 3.67. The van der Waals surface area contributed by atoms with Gasteiger partial charge in [0.15, 0.2) is 0 Å². The molecule has 5 heteroatoms. The number of nitrogen functional groups attached to an aromatic ring is 1. The molecule has 0 aliphatic rings. The van der Waals surface area contributed by atoms with Gasteiger partial charge in [0.25, 0.3) is 0 Å². The number of benzene rings is 2. The second kappa shape index (κ2) is 6.01. The lowest BCUT2D eigenvalue weighted by molar-refractivity contribution is 1.27. The van der Waals surface area contributed by atoms with Gasteiger partial charge < -0.3 is 10.7 Å². The van der Waals surface area contributed by atoms with Crippen LogP contribution in [0.2, 0.25) is 0 Å². The summed E-state index contributed by atoms with van der Waals surface area (Å²) in [5.41, 5.74) is 13.1. The Hall–Kier alpha value is -3.65.